The van der Waals surface area contributed by atoms with Gasteiger partial charge in [-0.25, -0.2) is 0 Å². The number of fused-ring (bicyclic) bond motifs is 1. The molecule has 0 saturated carbocycles. The van der Waals surface area contributed by atoms with Crippen LogP contribution in [0.4, 0.5) is 5.00 Å². The first-order chi connectivity index (χ1) is 8.40. The van der Waals surface area contributed by atoms with Gasteiger partial charge in [0, 0.05) is 24.5 Å². The molecule has 2 aromatic rings. The molecule has 1 aromatic heterocycles. The van der Waals surface area contributed by atoms with Crippen molar-refractivity contribution in [1.82, 2.24) is 4.37 Å². The van der Waals surface area contributed by atoms with Gasteiger partial charge in [-0.15, -0.1) is 0 Å². The van der Waals surface area contributed by atoms with Crippen molar-refractivity contribution >= 4 is 27.4 Å². The molecule has 1 aromatic carbocycles. The van der Waals surface area contributed by atoms with Crippen LogP contribution in [0.5, 0.6) is 0 Å². The molecule has 0 spiro atoms. The Labute approximate surface area is 105 Å². The highest BCUT2D eigenvalue weighted by Crippen LogP contribution is 2.34. The zero-order valence-corrected chi connectivity index (χ0v) is 10.6. The summed E-state index contributed by atoms with van der Waals surface area (Å²) in [5.41, 5.74) is 6.99. The number of benzene rings is 1. The van der Waals surface area contributed by atoms with Gasteiger partial charge in [0.15, 0.2) is 0 Å². The second-order valence-corrected chi connectivity index (χ2v) is 5.34. The van der Waals surface area contributed by atoms with Gasteiger partial charge in [-0.3, -0.25) is 0 Å². The van der Waals surface area contributed by atoms with Crippen molar-refractivity contribution < 1.29 is 0 Å². The molecular weight excluding hydrogens is 230 g/mol. The van der Waals surface area contributed by atoms with Gasteiger partial charge in [-0.1, -0.05) is 12.1 Å². The highest BCUT2D eigenvalue weighted by atomic mass is 32.1. The molecule has 4 heteroatoms. The summed E-state index contributed by atoms with van der Waals surface area (Å²) in [5.74, 6) is 0. The molecule has 17 heavy (non-hydrogen) atoms. The molecule has 2 N–H and O–H groups in total. The molecule has 0 radical (unpaired) electrons. The quantitative estimate of drug-likeness (QED) is 0.887. The Hall–Kier alpha value is -1.13. The lowest BCUT2D eigenvalue weighted by atomic mass is 10.0. The zero-order valence-electron chi connectivity index (χ0n) is 9.80. The molecule has 1 atom stereocenters. The number of aromatic nitrogens is 1. The minimum atomic E-state index is 0.493. The monoisotopic (exact) mass is 247 g/mol. The maximum atomic E-state index is 5.89. The molecule has 1 aliphatic heterocycles. The highest BCUT2D eigenvalue weighted by Gasteiger charge is 2.24. The number of anilines is 1. The van der Waals surface area contributed by atoms with Crippen LogP contribution in [0.15, 0.2) is 24.3 Å². The second kappa shape index (κ2) is 4.63. The van der Waals surface area contributed by atoms with E-state index >= 15 is 0 Å². The lowest BCUT2D eigenvalue weighted by Gasteiger charge is -2.35. The predicted molar refractivity (Wildman–Crippen MR) is 73.7 cm³/mol. The van der Waals surface area contributed by atoms with E-state index in [1.165, 1.54) is 29.6 Å². The van der Waals surface area contributed by atoms with E-state index in [0.29, 0.717) is 6.04 Å². The van der Waals surface area contributed by atoms with Crippen molar-refractivity contribution in [1.29, 1.82) is 0 Å². The fourth-order valence-electron chi connectivity index (χ4n) is 2.60. The van der Waals surface area contributed by atoms with Crippen molar-refractivity contribution in [2.75, 3.05) is 18.0 Å². The topological polar surface area (TPSA) is 42.1 Å². The highest BCUT2D eigenvalue weighted by molar-refractivity contribution is 7.11. The first kappa shape index (κ1) is 11.0. The van der Waals surface area contributed by atoms with E-state index in [4.69, 9.17) is 5.73 Å². The maximum absolute atomic E-state index is 5.89. The van der Waals surface area contributed by atoms with Crippen molar-refractivity contribution in [3.8, 4) is 0 Å². The second-order valence-electron chi connectivity index (χ2n) is 4.58. The van der Waals surface area contributed by atoms with E-state index in [9.17, 15) is 0 Å². The minimum absolute atomic E-state index is 0.493. The Morgan fingerprint density at radius 3 is 3.12 bits per heavy atom. The van der Waals surface area contributed by atoms with E-state index in [-0.39, 0.29) is 0 Å². The standard InChI is InChI=1S/C13H17N3S/c14-9-10-5-3-4-8-16(10)13-11-6-1-2-7-12(11)15-17-13/h1-2,6-7,10H,3-5,8-9,14H2. The van der Waals surface area contributed by atoms with E-state index in [1.54, 1.807) is 11.5 Å². The summed E-state index contributed by atoms with van der Waals surface area (Å²) in [6.07, 6.45) is 3.78. The van der Waals surface area contributed by atoms with E-state index in [1.807, 2.05) is 6.07 Å². The van der Waals surface area contributed by atoms with Gasteiger partial charge in [0.25, 0.3) is 0 Å². The molecule has 1 unspecified atom stereocenters. The van der Waals surface area contributed by atoms with Gasteiger partial charge in [-0.05, 0) is 42.9 Å². The van der Waals surface area contributed by atoms with Gasteiger partial charge in [0.05, 0.1) is 5.52 Å². The molecule has 2 heterocycles. The minimum Gasteiger partial charge on any atom is -0.357 e. The van der Waals surface area contributed by atoms with Crippen LogP contribution >= 0.6 is 11.5 Å². The number of hydrogen-bond donors (Lipinski definition) is 1. The van der Waals surface area contributed by atoms with Crippen LogP contribution < -0.4 is 10.6 Å². The van der Waals surface area contributed by atoms with Crippen LogP contribution in [0.2, 0.25) is 0 Å². The van der Waals surface area contributed by atoms with E-state index < -0.39 is 0 Å². The number of hydrogen-bond acceptors (Lipinski definition) is 4. The Morgan fingerprint density at radius 1 is 1.35 bits per heavy atom. The molecule has 3 rings (SSSR count). The van der Waals surface area contributed by atoms with E-state index in [2.05, 4.69) is 27.5 Å². The van der Waals surface area contributed by atoms with Gasteiger partial charge in [-0.2, -0.15) is 4.37 Å². The van der Waals surface area contributed by atoms with Crippen LogP contribution in [-0.2, 0) is 0 Å². The molecule has 90 valence electrons. The SMILES string of the molecule is NCC1CCCCN1c1snc2ccccc12. The summed E-state index contributed by atoms with van der Waals surface area (Å²) in [5, 5.41) is 2.58. The predicted octanol–water partition coefficient (Wildman–Crippen LogP) is 2.61. The summed E-state index contributed by atoms with van der Waals surface area (Å²) in [4.78, 5) is 2.46. The zero-order chi connectivity index (χ0) is 11.7. The van der Waals surface area contributed by atoms with Crippen LogP contribution in [0.3, 0.4) is 0 Å². The first-order valence-corrected chi connectivity index (χ1v) is 6.98. The number of piperidine rings is 1. The first-order valence-electron chi connectivity index (χ1n) is 6.21. The third-order valence-electron chi connectivity index (χ3n) is 3.52. The Morgan fingerprint density at radius 2 is 2.24 bits per heavy atom. The van der Waals surface area contributed by atoms with Gasteiger partial charge < -0.3 is 10.6 Å². The van der Waals surface area contributed by atoms with Crippen molar-refractivity contribution in [2.45, 2.75) is 25.3 Å². The number of nitrogens with zero attached hydrogens (tertiary/aromatic N) is 2. The molecule has 3 nitrogen and oxygen atoms in total. The van der Waals surface area contributed by atoms with E-state index in [0.717, 1.165) is 18.6 Å². The van der Waals surface area contributed by atoms with Gasteiger partial charge >= 0.3 is 0 Å². The van der Waals surface area contributed by atoms with Crippen LogP contribution in [0, 0.1) is 0 Å². The van der Waals surface area contributed by atoms with Crippen molar-refractivity contribution in [2.24, 2.45) is 5.73 Å². The molecule has 1 saturated heterocycles. The lowest BCUT2D eigenvalue weighted by Crippen LogP contribution is -2.43. The number of rotatable bonds is 2. The fourth-order valence-corrected chi connectivity index (χ4v) is 3.56. The summed E-state index contributed by atoms with van der Waals surface area (Å²) in [6, 6.07) is 8.87. The summed E-state index contributed by atoms with van der Waals surface area (Å²) < 4.78 is 4.52. The Bertz CT molecular complexity index is 508. The average molecular weight is 247 g/mol. The fraction of sp³-hybridized carbons (Fsp3) is 0.462. The molecule has 0 amide bonds. The largest absolute Gasteiger partial charge is 0.357 e. The normalized spacial score (nSPS) is 21.0. The van der Waals surface area contributed by atoms with Gasteiger partial charge in [0.2, 0.25) is 0 Å². The molecular formula is C13H17N3S. The van der Waals surface area contributed by atoms with Crippen molar-refractivity contribution in [3.63, 3.8) is 0 Å². The summed E-state index contributed by atoms with van der Waals surface area (Å²) >= 11 is 1.61. The third kappa shape index (κ3) is 1.91. The summed E-state index contributed by atoms with van der Waals surface area (Å²) in [7, 11) is 0. The van der Waals surface area contributed by atoms with Gasteiger partial charge in [0.1, 0.15) is 5.00 Å². The third-order valence-corrected chi connectivity index (χ3v) is 4.44. The molecule has 1 aliphatic rings. The van der Waals surface area contributed by atoms with Crippen molar-refractivity contribution in [3.05, 3.63) is 24.3 Å². The Balaban J connectivity index is 2.01. The average Bonchev–Trinajstić information content (AvgIpc) is 2.82. The number of nitrogens with two attached hydrogens (primary N) is 1. The molecule has 0 bridgehead atoms. The summed E-state index contributed by atoms with van der Waals surface area (Å²) in [6.45, 7) is 1.86. The van der Waals surface area contributed by atoms with Crippen LogP contribution in [0.1, 0.15) is 19.3 Å². The van der Waals surface area contributed by atoms with Crippen LogP contribution in [0.25, 0.3) is 10.9 Å². The van der Waals surface area contributed by atoms with Crippen LogP contribution in [-0.4, -0.2) is 23.5 Å². The Kier molecular flexibility index (Phi) is 2.99. The lowest BCUT2D eigenvalue weighted by molar-refractivity contribution is 0.468. The maximum Gasteiger partial charge on any atom is 0.120 e. The molecule has 0 aliphatic carbocycles. The molecule has 1 fully saturated rings. The smallest absolute Gasteiger partial charge is 0.120 e.